The van der Waals surface area contributed by atoms with E-state index in [1.165, 1.54) is 0 Å². The predicted molar refractivity (Wildman–Crippen MR) is 39.4 cm³/mol. The first-order chi connectivity index (χ1) is 5.27. The van der Waals surface area contributed by atoms with Gasteiger partial charge in [0.15, 0.2) is 0 Å². The molecule has 5 atom stereocenters. The van der Waals surface area contributed by atoms with Gasteiger partial charge in [0, 0.05) is 0 Å². The molecule has 3 saturated heterocycles. The van der Waals surface area contributed by atoms with Crippen molar-refractivity contribution in [1.29, 1.82) is 0 Å². The van der Waals surface area contributed by atoms with Gasteiger partial charge in [-0.2, -0.15) is 0 Å². The van der Waals surface area contributed by atoms with Crippen molar-refractivity contribution in [1.82, 2.24) is 0 Å². The molecule has 4 heteroatoms. The second kappa shape index (κ2) is 1.80. The number of carbonyl (C=O) groups excluding carboxylic acids is 1. The van der Waals surface area contributed by atoms with Crippen LogP contribution < -0.4 is 0 Å². The third-order valence-corrected chi connectivity index (χ3v) is 3.87. The Labute approximate surface area is 72.2 Å². The molecule has 0 unspecified atom stereocenters. The van der Waals surface area contributed by atoms with E-state index in [9.17, 15) is 4.79 Å². The Hall–Kier alpha value is -0.0900. The van der Waals surface area contributed by atoms with Crippen molar-refractivity contribution in [3.63, 3.8) is 0 Å². The molecular weight excluding hydrogens is 212 g/mol. The summed E-state index contributed by atoms with van der Waals surface area (Å²) in [7, 11) is 0. The van der Waals surface area contributed by atoms with Gasteiger partial charge in [-0.1, -0.05) is 15.9 Å². The van der Waals surface area contributed by atoms with E-state index in [0.717, 1.165) is 6.42 Å². The minimum absolute atomic E-state index is 0.00810. The minimum Gasteiger partial charge on any atom is -0.458 e. The summed E-state index contributed by atoms with van der Waals surface area (Å²) in [6.45, 7) is 0. The fourth-order valence-electron chi connectivity index (χ4n) is 2.22. The van der Waals surface area contributed by atoms with Crippen LogP contribution in [-0.2, 0) is 14.3 Å². The molecule has 3 heterocycles. The zero-order valence-corrected chi connectivity index (χ0v) is 7.28. The maximum Gasteiger partial charge on any atom is 0.312 e. The second-order valence-electron chi connectivity index (χ2n) is 3.33. The molecule has 3 aliphatic rings. The molecule has 0 saturated carbocycles. The first kappa shape index (κ1) is 6.43. The molecule has 3 fully saturated rings. The molecule has 0 aromatic carbocycles. The van der Waals surface area contributed by atoms with Gasteiger partial charge < -0.3 is 9.47 Å². The molecule has 0 radical (unpaired) electrons. The van der Waals surface area contributed by atoms with Crippen molar-refractivity contribution in [2.45, 2.75) is 29.6 Å². The number of hydrogen-bond acceptors (Lipinski definition) is 3. The third kappa shape index (κ3) is 0.609. The van der Waals surface area contributed by atoms with Crippen LogP contribution in [0.3, 0.4) is 0 Å². The third-order valence-electron chi connectivity index (χ3n) is 2.76. The van der Waals surface area contributed by atoms with Crippen LogP contribution in [0.15, 0.2) is 0 Å². The van der Waals surface area contributed by atoms with E-state index >= 15 is 0 Å². The average Bonchev–Trinajstić information content (AvgIpc) is 2.53. The summed E-state index contributed by atoms with van der Waals surface area (Å²) in [4.78, 5) is 11.3. The Kier molecular flexibility index (Phi) is 1.05. The molecular formula is C7H7BrO3. The Morgan fingerprint density at radius 1 is 1.45 bits per heavy atom. The number of esters is 1. The Morgan fingerprint density at radius 3 is 2.91 bits per heavy atom. The Balaban J connectivity index is 2.04. The van der Waals surface area contributed by atoms with Crippen molar-refractivity contribution in [3.05, 3.63) is 0 Å². The monoisotopic (exact) mass is 218 g/mol. The molecule has 0 N–H and O–H groups in total. The summed E-state index contributed by atoms with van der Waals surface area (Å²) in [6, 6.07) is 0. The fourth-order valence-corrected chi connectivity index (χ4v) is 2.97. The predicted octanol–water partition coefficient (Wildman–Crippen LogP) is 0.463. The zero-order valence-electron chi connectivity index (χ0n) is 5.70. The van der Waals surface area contributed by atoms with Crippen LogP contribution in [0.4, 0.5) is 0 Å². The standard InChI is InChI=1S/C7H7BrO3/c8-4-3-1-2-5(10-3)6(4)11-7(2)9/h2-6H,1H2/t2-,3-,4-,5+,6+/m1/s1. The average molecular weight is 219 g/mol. The normalized spacial score (nSPS) is 58.6. The van der Waals surface area contributed by atoms with Crippen LogP contribution in [0.1, 0.15) is 6.42 Å². The van der Waals surface area contributed by atoms with Crippen LogP contribution >= 0.6 is 15.9 Å². The molecule has 60 valence electrons. The van der Waals surface area contributed by atoms with Crippen molar-refractivity contribution in [2.75, 3.05) is 0 Å². The van der Waals surface area contributed by atoms with Gasteiger partial charge in [-0.05, 0) is 6.42 Å². The number of halogens is 1. The highest BCUT2D eigenvalue weighted by molar-refractivity contribution is 9.09. The van der Waals surface area contributed by atoms with Gasteiger partial charge in [-0.15, -0.1) is 0 Å². The summed E-state index contributed by atoms with van der Waals surface area (Å²) in [5, 5.41) is 0. The molecule has 3 aliphatic heterocycles. The quantitative estimate of drug-likeness (QED) is 0.438. The van der Waals surface area contributed by atoms with Crippen molar-refractivity contribution in [2.24, 2.45) is 5.92 Å². The van der Waals surface area contributed by atoms with Gasteiger partial charge in [0.25, 0.3) is 0 Å². The van der Waals surface area contributed by atoms with Crippen LogP contribution in [0.25, 0.3) is 0 Å². The van der Waals surface area contributed by atoms with Crippen molar-refractivity contribution >= 4 is 21.9 Å². The largest absolute Gasteiger partial charge is 0.458 e. The van der Waals surface area contributed by atoms with E-state index < -0.39 is 0 Å². The van der Waals surface area contributed by atoms with Crippen LogP contribution in [0, 0.1) is 5.92 Å². The lowest BCUT2D eigenvalue weighted by Crippen LogP contribution is -2.31. The number of carbonyl (C=O) groups is 1. The first-order valence-electron chi connectivity index (χ1n) is 3.77. The number of hydrogen-bond donors (Lipinski definition) is 0. The molecule has 0 amide bonds. The lowest BCUT2D eigenvalue weighted by Gasteiger charge is -2.14. The molecule has 2 bridgehead atoms. The topological polar surface area (TPSA) is 35.5 Å². The minimum atomic E-state index is -0.0653. The highest BCUT2D eigenvalue weighted by Crippen LogP contribution is 2.48. The number of fused-ring (bicyclic) bond motifs is 1. The lowest BCUT2D eigenvalue weighted by atomic mass is 9.90. The molecule has 0 aromatic heterocycles. The maximum atomic E-state index is 11.1. The first-order valence-corrected chi connectivity index (χ1v) is 4.69. The van der Waals surface area contributed by atoms with Gasteiger partial charge in [0.05, 0.1) is 16.8 Å². The van der Waals surface area contributed by atoms with E-state index in [1.54, 1.807) is 0 Å². The molecule has 0 spiro atoms. The fraction of sp³-hybridized carbons (Fsp3) is 0.857. The SMILES string of the molecule is O=C1O[C@H]2[C@H](Br)[C@H]3C[C@@H]1[C@@H]2O3. The number of ether oxygens (including phenoxy) is 2. The highest BCUT2D eigenvalue weighted by Gasteiger charge is 2.62. The van der Waals surface area contributed by atoms with Crippen molar-refractivity contribution < 1.29 is 14.3 Å². The van der Waals surface area contributed by atoms with Gasteiger partial charge in [-0.25, -0.2) is 0 Å². The Morgan fingerprint density at radius 2 is 2.27 bits per heavy atom. The summed E-state index contributed by atoms with van der Waals surface area (Å²) in [6.07, 6.45) is 1.10. The van der Waals surface area contributed by atoms with Crippen molar-refractivity contribution in [3.8, 4) is 0 Å². The zero-order chi connectivity index (χ0) is 7.59. The van der Waals surface area contributed by atoms with E-state index in [0.29, 0.717) is 0 Å². The summed E-state index contributed by atoms with van der Waals surface area (Å²) < 4.78 is 10.7. The summed E-state index contributed by atoms with van der Waals surface area (Å²) >= 11 is 3.47. The van der Waals surface area contributed by atoms with Crippen LogP contribution in [0.5, 0.6) is 0 Å². The number of alkyl halides is 1. The molecule has 3 nitrogen and oxygen atoms in total. The Bertz CT molecular complexity index is 230. The van der Waals surface area contributed by atoms with E-state index in [1.807, 2.05) is 0 Å². The van der Waals surface area contributed by atoms with E-state index in [-0.39, 0.29) is 35.0 Å². The highest BCUT2D eigenvalue weighted by atomic mass is 79.9. The van der Waals surface area contributed by atoms with Gasteiger partial charge in [0.1, 0.15) is 12.2 Å². The summed E-state index contributed by atoms with van der Waals surface area (Å²) in [5.41, 5.74) is 0. The smallest absolute Gasteiger partial charge is 0.312 e. The van der Waals surface area contributed by atoms with E-state index in [2.05, 4.69) is 15.9 Å². The van der Waals surface area contributed by atoms with Crippen LogP contribution in [-0.4, -0.2) is 29.1 Å². The maximum absolute atomic E-state index is 11.1. The number of rotatable bonds is 0. The lowest BCUT2D eigenvalue weighted by molar-refractivity contribution is -0.143. The van der Waals surface area contributed by atoms with Gasteiger partial charge in [-0.3, -0.25) is 4.79 Å². The van der Waals surface area contributed by atoms with Crippen LogP contribution in [0.2, 0.25) is 0 Å². The molecule has 0 aromatic rings. The molecule has 0 aliphatic carbocycles. The van der Waals surface area contributed by atoms with E-state index in [4.69, 9.17) is 9.47 Å². The summed E-state index contributed by atoms with van der Waals surface area (Å²) in [5.74, 6) is -0.0248. The van der Waals surface area contributed by atoms with Gasteiger partial charge in [0.2, 0.25) is 0 Å². The molecule has 11 heavy (non-hydrogen) atoms. The molecule has 3 rings (SSSR count). The van der Waals surface area contributed by atoms with Gasteiger partial charge >= 0.3 is 5.97 Å². The second-order valence-corrected chi connectivity index (χ2v) is 4.38.